The number of amides is 1. The Kier molecular flexibility index (Phi) is 7.13. The molecule has 1 atom stereocenters. The first-order valence-electron chi connectivity index (χ1n) is 12.0. The van der Waals surface area contributed by atoms with Crippen LogP contribution in [0, 0.1) is 11.6 Å². The van der Waals surface area contributed by atoms with Crippen molar-refractivity contribution in [3.05, 3.63) is 124 Å². The second-order valence-electron chi connectivity index (χ2n) is 9.17. The summed E-state index contributed by atoms with van der Waals surface area (Å²) in [6.07, 6.45) is 1.60. The molecular formula is C30H22ClF2N3O3. The molecule has 0 saturated carbocycles. The van der Waals surface area contributed by atoms with E-state index in [-0.39, 0.29) is 16.7 Å². The van der Waals surface area contributed by atoms with Crippen LogP contribution in [0.5, 0.6) is 0 Å². The van der Waals surface area contributed by atoms with Crippen LogP contribution in [-0.2, 0) is 6.54 Å². The van der Waals surface area contributed by atoms with Gasteiger partial charge in [-0.05, 0) is 77.7 Å². The van der Waals surface area contributed by atoms with Crippen LogP contribution in [0.2, 0.25) is 5.02 Å². The first-order valence-corrected chi connectivity index (χ1v) is 12.4. The van der Waals surface area contributed by atoms with Gasteiger partial charge in [-0.15, -0.1) is 0 Å². The zero-order chi connectivity index (χ0) is 27.7. The predicted octanol–water partition coefficient (Wildman–Crippen LogP) is 6.87. The summed E-state index contributed by atoms with van der Waals surface area (Å²) in [5.41, 5.74) is 3.26. The van der Waals surface area contributed by atoms with Gasteiger partial charge >= 0.3 is 5.97 Å². The number of fused-ring (bicyclic) bond motifs is 1. The minimum Gasteiger partial charge on any atom is -0.478 e. The molecule has 1 aromatic heterocycles. The van der Waals surface area contributed by atoms with Crippen LogP contribution in [0.3, 0.4) is 0 Å². The van der Waals surface area contributed by atoms with E-state index in [0.29, 0.717) is 33.6 Å². The minimum atomic E-state index is -1.04. The van der Waals surface area contributed by atoms with Crippen LogP contribution >= 0.6 is 11.6 Å². The quantitative estimate of drug-likeness (QED) is 0.234. The van der Waals surface area contributed by atoms with Gasteiger partial charge in [-0.2, -0.15) is 5.10 Å². The van der Waals surface area contributed by atoms with E-state index in [0.717, 1.165) is 11.6 Å². The number of carbonyl (C=O) groups is 2. The lowest BCUT2D eigenvalue weighted by atomic mass is 9.99. The Bertz CT molecular complexity index is 1700. The Morgan fingerprint density at radius 3 is 2.33 bits per heavy atom. The molecule has 0 aliphatic heterocycles. The van der Waals surface area contributed by atoms with Crippen LogP contribution in [0.1, 0.15) is 44.8 Å². The van der Waals surface area contributed by atoms with Crippen molar-refractivity contribution in [3.63, 3.8) is 0 Å². The van der Waals surface area contributed by atoms with Crippen LogP contribution in [0.15, 0.2) is 85.1 Å². The van der Waals surface area contributed by atoms with Gasteiger partial charge in [0.15, 0.2) is 0 Å². The molecule has 2 N–H and O–H groups in total. The van der Waals surface area contributed by atoms with Gasteiger partial charge in [0.05, 0.1) is 35.4 Å². The molecule has 4 aromatic carbocycles. The van der Waals surface area contributed by atoms with Crippen LogP contribution in [0.25, 0.3) is 22.0 Å². The third kappa shape index (κ3) is 5.66. The highest BCUT2D eigenvalue weighted by Crippen LogP contribution is 2.30. The van der Waals surface area contributed by atoms with E-state index in [1.165, 1.54) is 24.3 Å². The molecule has 6 nitrogen and oxygen atoms in total. The second kappa shape index (κ2) is 10.7. The first kappa shape index (κ1) is 26.1. The number of hydrogen-bond acceptors (Lipinski definition) is 3. The number of nitrogens with one attached hydrogen (secondary N) is 1. The van der Waals surface area contributed by atoms with Crippen LogP contribution in [0.4, 0.5) is 8.78 Å². The maximum Gasteiger partial charge on any atom is 0.335 e. The van der Waals surface area contributed by atoms with Gasteiger partial charge in [-0.3, -0.25) is 9.48 Å². The zero-order valence-corrected chi connectivity index (χ0v) is 21.4. The van der Waals surface area contributed by atoms with Crippen LogP contribution in [-0.4, -0.2) is 26.8 Å². The highest BCUT2D eigenvalue weighted by molar-refractivity contribution is 6.30. The lowest BCUT2D eigenvalue weighted by Crippen LogP contribution is -2.27. The molecule has 0 aliphatic carbocycles. The maximum atomic E-state index is 14.0. The smallest absolute Gasteiger partial charge is 0.335 e. The number of rotatable bonds is 7. The van der Waals surface area contributed by atoms with Crippen molar-refractivity contribution >= 4 is 34.4 Å². The maximum absolute atomic E-state index is 14.0. The Hall–Kier alpha value is -4.56. The summed E-state index contributed by atoms with van der Waals surface area (Å²) in [5.74, 6) is -2.93. The summed E-state index contributed by atoms with van der Waals surface area (Å²) >= 11 is 6.15. The number of benzene rings is 4. The number of aromatic nitrogens is 2. The Labute approximate surface area is 227 Å². The number of carboxylic acid groups (broad SMARTS) is 1. The van der Waals surface area contributed by atoms with E-state index in [9.17, 15) is 18.4 Å². The van der Waals surface area contributed by atoms with Gasteiger partial charge in [-0.25, -0.2) is 13.6 Å². The van der Waals surface area contributed by atoms with Gasteiger partial charge in [-0.1, -0.05) is 35.9 Å². The predicted molar refractivity (Wildman–Crippen MR) is 145 cm³/mol. The Morgan fingerprint density at radius 2 is 1.67 bits per heavy atom. The van der Waals surface area contributed by atoms with Gasteiger partial charge in [0, 0.05) is 16.5 Å². The summed E-state index contributed by atoms with van der Waals surface area (Å²) in [5, 5.41) is 17.8. The van der Waals surface area contributed by atoms with E-state index < -0.39 is 29.6 Å². The lowest BCUT2D eigenvalue weighted by molar-refractivity contribution is 0.0696. The molecular weight excluding hydrogens is 524 g/mol. The molecule has 5 aromatic rings. The third-order valence-electron chi connectivity index (χ3n) is 6.40. The first-order chi connectivity index (χ1) is 18.7. The second-order valence-corrected chi connectivity index (χ2v) is 9.61. The fraction of sp³-hybridized carbons (Fsp3) is 0.100. The summed E-state index contributed by atoms with van der Waals surface area (Å²) in [7, 11) is 0. The van der Waals surface area contributed by atoms with E-state index in [2.05, 4.69) is 10.4 Å². The van der Waals surface area contributed by atoms with Gasteiger partial charge < -0.3 is 10.4 Å². The summed E-state index contributed by atoms with van der Waals surface area (Å²) in [4.78, 5) is 24.9. The molecule has 0 radical (unpaired) electrons. The SMILES string of the molecule is C[C@H](NC(=O)c1cc(-c2cc(F)cc(F)c2)cc2cnn(Cc3cccc(Cl)c3)c12)c1ccc(C(=O)O)cc1. The molecule has 0 aliphatic rings. The molecule has 1 heterocycles. The van der Waals surface area contributed by atoms with Gasteiger partial charge in [0.25, 0.3) is 5.91 Å². The van der Waals surface area contributed by atoms with Gasteiger partial charge in [0.1, 0.15) is 11.6 Å². The van der Waals surface area contributed by atoms with Crippen molar-refractivity contribution in [2.24, 2.45) is 0 Å². The zero-order valence-electron chi connectivity index (χ0n) is 20.7. The number of halogens is 3. The summed E-state index contributed by atoms with van der Waals surface area (Å²) in [6.45, 7) is 2.12. The highest BCUT2D eigenvalue weighted by atomic mass is 35.5. The average molecular weight is 546 g/mol. The normalized spacial score (nSPS) is 11.9. The highest BCUT2D eigenvalue weighted by Gasteiger charge is 2.20. The molecule has 0 unspecified atom stereocenters. The molecule has 9 heteroatoms. The topological polar surface area (TPSA) is 84.2 Å². The number of hydrogen-bond donors (Lipinski definition) is 2. The number of carbonyl (C=O) groups excluding carboxylic acids is 1. The van der Waals surface area contributed by atoms with Crippen molar-refractivity contribution in [2.75, 3.05) is 0 Å². The van der Waals surface area contributed by atoms with Crippen molar-refractivity contribution in [1.82, 2.24) is 15.1 Å². The molecule has 39 heavy (non-hydrogen) atoms. The number of nitrogens with zero attached hydrogens (tertiary/aromatic N) is 2. The molecule has 5 rings (SSSR count). The summed E-state index contributed by atoms with van der Waals surface area (Å²) in [6, 6.07) is 19.6. The fourth-order valence-corrected chi connectivity index (χ4v) is 4.71. The number of aromatic carboxylic acids is 1. The Balaban J connectivity index is 1.57. The minimum absolute atomic E-state index is 0.138. The number of carboxylic acids is 1. The van der Waals surface area contributed by atoms with Crippen molar-refractivity contribution in [2.45, 2.75) is 19.5 Å². The molecule has 0 bridgehead atoms. The van der Waals surface area contributed by atoms with Gasteiger partial charge in [0.2, 0.25) is 0 Å². The molecule has 196 valence electrons. The molecule has 0 saturated heterocycles. The van der Waals surface area contributed by atoms with Crippen molar-refractivity contribution < 1.29 is 23.5 Å². The molecule has 0 spiro atoms. The standard InChI is InChI=1S/C30H22ClF2N3O3/c1-17(19-5-7-20(8-6-19)30(38)39)35-29(37)27-13-21(22-11-25(32)14-26(33)12-22)10-23-15-34-36(28(23)27)16-18-3-2-4-24(31)9-18/h2-15,17H,16H2,1H3,(H,35,37)(H,38,39)/t17-/m0/s1. The van der Waals surface area contributed by atoms with E-state index in [4.69, 9.17) is 16.7 Å². The van der Waals surface area contributed by atoms with E-state index in [1.54, 1.807) is 48.1 Å². The average Bonchev–Trinajstić information content (AvgIpc) is 3.30. The van der Waals surface area contributed by atoms with Crippen LogP contribution < -0.4 is 5.32 Å². The largest absolute Gasteiger partial charge is 0.478 e. The molecule has 0 fully saturated rings. The van der Waals surface area contributed by atoms with Crippen molar-refractivity contribution in [1.29, 1.82) is 0 Å². The summed E-state index contributed by atoms with van der Waals surface area (Å²) < 4.78 is 29.7. The van der Waals surface area contributed by atoms with E-state index >= 15 is 0 Å². The molecule has 1 amide bonds. The Morgan fingerprint density at radius 1 is 0.974 bits per heavy atom. The third-order valence-corrected chi connectivity index (χ3v) is 6.64. The van der Waals surface area contributed by atoms with E-state index in [1.807, 2.05) is 18.2 Å². The van der Waals surface area contributed by atoms with Crippen molar-refractivity contribution in [3.8, 4) is 11.1 Å². The monoisotopic (exact) mass is 545 g/mol. The lowest BCUT2D eigenvalue weighted by Gasteiger charge is -2.17. The fourth-order valence-electron chi connectivity index (χ4n) is 4.49.